The molecule has 1 saturated heterocycles. The molecule has 0 spiro atoms. The van der Waals surface area contributed by atoms with Crippen LogP contribution in [0.2, 0.25) is 5.02 Å². The van der Waals surface area contributed by atoms with Gasteiger partial charge in [-0.05, 0) is 56.6 Å². The van der Waals surface area contributed by atoms with Gasteiger partial charge in [0.05, 0.1) is 0 Å². The molecule has 7 heteroatoms. The molecule has 1 aromatic carbocycles. The van der Waals surface area contributed by atoms with Crippen molar-refractivity contribution < 1.29 is 0 Å². The van der Waals surface area contributed by atoms with E-state index in [1.807, 2.05) is 32.2 Å². The molecule has 1 aliphatic rings. The van der Waals surface area contributed by atoms with Crippen LogP contribution in [0.3, 0.4) is 0 Å². The first-order valence-corrected chi connectivity index (χ1v) is 9.54. The lowest BCUT2D eigenvalue weighted by Crippen LogP contribution is -2.29. The molecule has 2 aromatic rings. The third-order valence-electron chi connectivity index (χ3n) is 4.53. The Morgan fingerprint density at radius 3 is 2.73 bits per heavy atom. The van der Waals surface area contributed by atoms with Crippen LogP contribution >= 0.6 is 11.6 Å². The third-order valence-corrected chi connectivity index (χ3v) is 4.90. The van der Waals surface area contributed by atoms with Gasteiger partial charge < -0.3 is 20.9 Å². The average Bonchev–Trinajstić information content (AvgIpc) is 3.14. The van der Waals surface area contributed by atoms with Crippen molar-refractivity contribution in [2.75, 3.05) is 43.9 Å². The molecule has 0 saturated carbocycles. The minimum atomic E-state index is 0.574. The van der Waals surface area contributed by atoms with Crippen molar-refractivity contribution in [3.8, 4) is 0 Å². The zero-order valence-electron chi connectivity index (χ0n) is 15.5. The Bertz CT molecular complexity index is 730. The molecule has 26 heavy (non-hydrogen) atoms. The Balaban J connectivity index is 1.59. The van der Waals surface area contributed by atoms with E-state index in [2.05, 4.69) is 36.9 Å². The van der Waals surface area contributed by atoms with Crippen LogP contribution in [-0.4, -0.2) is 48.1 Å². The number of likely N-dealkylation sites (tertiary alicyclic amines) is 1. The molecule has 140 valence electrons. The Morgan fingerprint density at radius 1 is 1.15 bits per heavy atom. The molecule has 0 amide bonds. The standard InChI is InChI=1S/C19H27ClN6/c1-14-11-18(21-2)25-19(23-14)24-16-5-6-17(20)15(12-16)13-22-7-10-26-8-3-4-9-26/h5-6,11-12,22H,3-4,7-10,13H2,1-2H3,(H2,21,23,24,25). The lowest BCUT2D eigenvalue weighted by molar-refractivity contribution is 0.335. The molecule has 0 unspecified atom stereocenters. The number of anilines is 3. The van der Waals surface area contributed by atoms with Crippen LogP contribution in [0.5, 0.6) is 0 Å². The van der Waals surface area contributed by atoms with Crippen LogP contribution in [0.15, 0.2) is 24.3 Å². The lowest BCUT2D eigenvalue weighted by Gasteiger charge is -2.15. The van der Waals surface area contributed by atoms with Crippen molar-refractivity contribution in [3.05, 3.63) is 40.5 Å². The van der Waals surface area contributed by atoms with Crippen LogP contribution in [0.1, 0.15) is 24.1 Å². The second-order valence-corrected chi connectivity index (χ2v) is 7.03. The molecule has 3 N–H and O–H groups in total. The summed E-state index contributed by atoms with van der Waals surface area (Å²) in [6.45, 7) is 7.23. The summed E-state index contributed by atoms with van der Waals surface area (Å²) in [5.74, 6) is 1.36. The Labute approximate surface area is 160 Å². The quantitative estimate of drug-likeness (QED) is 0.615. The highest BCUT2D eigenvalue weighted by atomic mass is 35.5. The van der Waals surface area contributed by atoms with Gasteiger partial charge in [0.25, 0.3) is 0 Å². The van der Waals surface area contributed by atoms with Gasteiger partial charge in [-0.15, -0.1) is 0 Å². The van der Waals surface area contributed by atoms with Crippen molar-refractivity contribution in [1.82, 2.24) is 20.2 Å². The highest BCUT2D eigenvalue weighted by Crippen LogP contribution is 2.23. The van der Waals surface area contributed by atoms with Gasteiger partial charge >= 0.3 is 0 Å². The van der Waals surface area contributed by atoms with Crippen molar-refractivity contribution in [2.24, 2.45) is 0 Å². The molecule has 3 rings (SSSR count). The number of aromatic nitrogens is 2. The van der Waals surface area contributed by atoms with Gasteiger partial charge in [-0.1, -0.05) is 11.6 Å². The number of aryl methyl sites for hydroxylation is 1. The van der Waals surface area contributed by atoms with E-state index in [1.54, 1.807) is 0 Å². The van der Waals surface area contributed by atoms with Gasteiger partial charge in [0.2, 0.25) is 5.95 Å². The van der Waals surface area contributed by atoms with Gasteiger partial charge in [-0.25, -0.2) is 4.98 Å². The zero-order valence-corrected chi connectivity index (χ0v) is 16.2. The van der Waals surface area contributed by atoms with Crippen LogP contribution in [-0.2, 0) is 6.54 Å². The fourth-order valence-electron chi connectivity index (χ4n) is 3.14. The maximum atomic E-state index is 6.36. The lowest BCUT2D eigenvalue weighted by atomic mass is 10.2. The molecule has 0 atom stereocenters. The minimum absolute atomic E-state index is 0.574. The summed E-state index contributed by atoms with van der Waals surface area (Å²) >= 11 is 6.36. The van der Waals surface area contributed by atoms with Gasteiger partial charge in [0.15, 0.2) is 0 Å². The van der Waals surface area contributed by atoms with E-state index in [-0.39, 0.29) is 0 Å². The summed E-state index contributed by atoms with van der Waals surface area (Å²) in [5, 5.41) is 10.6. The molecular formula is C19H27ClN6. The molecular weight excluding hydrogens is 348 g/mol. The van der Waals surface area contributed by atoms with Crippen LogP contribution in [0.25, 0.3) is 0 Å². The van der Waals surface area contributed by atoms with E-state index in [0.29, 0.717) is 5.95 Å². The summed E-state index contributed by atoms with van der Waals surface area (Å²) in [6, 6.07) is 7.82. The van der Waals surface area contributed by atoms with Crippen LogP contribution < -0.4 is 16.0 Å². The number of halogens is 1. The summed E-state index contributed by atoms with van der Waals surface area (Å²) in [5.41, 5.74) is 2.91. The second-order valence-electron chi connectivity index (χ2n) is 6.62. The maximum Gasteiger partial charge on any atom is 0.229 e. The van der Waals surface area contributed by atoms with Gasteiger partial charge in [0, 0.05) is 49.2 Å². The molecule has 6 nitrogen and oxygen atoms in total. The Morgan fingerprint density at radius 2 is 1.96 bits per heavy atom. The van der Waals surface area contributed by atoms with Gasteiger partial charge in [0.1, 0.15) is 5.82 Å². The third kappa shape index (κ3) is 5.30. The van der Waals surface area contributed by atoms with E-state index in [1.165, 1.54) is 25.9 Å². The predicted octanol–water partition coefficient (Wildman–Crippen LogP) is 3.41. The second kappa shape index (κ2) is 9.16. The molecule has 1 aromatic heterocycles. The summed E-state index contributed by atoms with van der Waals surface area (Å²) in [7, 11) is 1.85. The number of nitrogens with one attached hydrogen (secondary N) is 3. The SMILES string of the molecule is CNc1cc(C)nc(Nc2ccc(Cl)c(CNCCN3CCCC3)c2)n1. The topological polar surface area (TPSA) is 65.1 Å². The fraction of sp³-hybridized carbons (Fsp3) is 0.474. The zero-order chi connectivity index (χ0) is 18.4. The predicted molar refractivity (Wildman–Crippen MR) is 108 cm³/mol. The van der Waals surface area contributed by atoms with Crippen molar-refractivity contribution >= 4 is 29.1 Å². The monoisotopic (exact) mass is 374 g/mol. The number of benzene rings is 1. The molecule has 0 bridgehead atoms. The summed E-state index contributed by atoms with van der Waals surface area (Å²) < 4.78 is 0. The summed E-state index contributed by atoms with van der Waals surface area (Å²) in [6.07, 6.45) is 2.66. The van der Waals surface area contributed by atoms with E-state index < -0.39 is 0 Å². The molecule has 0 aliphatic carbocycles. The van der Waals surface area contributed by atoms with Gasteiger partial charge in [-0.2, -0.15) is 4.98 Å². The molecule has 1 fully saturated rings. The first kappa shape index (κ1) is 18.9. The minimum Gasteiger partial charge on any atom is -0.373 e. The molecule has 0 radical (unpaired) electrons. The normalized spacial score (nSPS) is 14.6. The smallest absolute Gasteiger partial charge is 0.229 e. The van der Waals surface area contributed by atoms with Gasteiger partial charge in [-0.3, -0.25) is 0 Å². The fourth-order valence-corrected chi connectivity index (χ4v) is 3.32. The largest absolute Gasteiger partial charge is 0.373 e. The van der Waals surface area contributed by atoms with Crippen LogP contribution in [0, 0.1) is 6.92 Å². The average molecular weight is 375 g/mol. The highest BCUT2D eigenvalue weighted by molar-refractivity contribution is 6.31. The number of rotatable bonds is 8. The van der Waals surface area contributed by atoms with Crippen molar-refractivity contribution in [1.29, 1.82) is 0 Å². The molecule has 1 aliphatic heterocycles. The number of hydrogen-bond acceptors (Lipinski definition) is 6. The number of nitrogens with zero attached hydrogens (tertiary/aromatic N) is 3. The van der Waals surface area contributed by atoms with E-state index >= 15 is 0 Å². The first-order chi connectivity index (χ1) is 12.6. The first-order valence-electron chi connectivity index (χ1n) is 9.16. The maximum absolute atomic E-state index is 6.36. The van der Waals surface area contributed by atoms with Crippen LogP contribution in [0.4, 0.5) is 17.5 Å². The van der Waals surface area contributed by atoms with Crippen molar-refractivity contribution in [2.45, 2.75) is 26.3 Å². The Hall–Kier alpha value is -1.89. The van der Waals surface area contributed by atoms with E-state index in [0.717, 1.165) is 47.4 Å². The van der Waals surface area contributed by atoms with Crippen molar-refractivity contribution in [3.63, 3.8) is 0 Å². The summed E-state index contributed by atoms with van der Waals surface area (Å²) in [4.78, 5) is 11.4. The van der Waals surface area contributed by atoms with E-state index in [9.17, 15) is 0 Å². The van der Waals surface area contributed by atoms with E-state index in [4.69, 9.17) is 11.6 Å². The highest BCUT2D eigenvalue weighted by Gasteiger charge is 2.10. The molecule has 2 heterocycles. The Kier molecular flexibility index (Phi) is 6.66. The number of hydrogen-bond donors (Lipinski definition) is 3.